The lowest BCUT2D eigenvalue weighted by Gasteiger charge is -2.32. The highest BCUT2D eigenvalue weighted by Gasteiger charge is 2.25. The molecule has 0 radical (unpaired) electrons. The van der Waals surface area contributed by atoms with Crippen molar-refractivity contribution in [3.8, 4) is 0 Å². The van der Waals surface area contributed by atoms with Crippen LogP contribution in [0.5, 0.6) is 0 Å². The summed E-state index contributed by atoms with van der Waals surface area (Å²) in [5, 5.41) is 7.01. The summed E-state index contributed by atoms with van der Waals surface area (Å²) in [7, 11) is 0. The molecule has 1 atom stereocenters. The highest BCUT2D eigenvalue weighted by Crippen LogP contribution is 2.25. The lowest BCUT2D eigenvalue weighted by Crippen LogP contribution is -2.41. The number of benzene rings is 1. The first-order chi connectivity index (χ1) is 10.8. The Balaban J connectivity index is 1.47. The SMILES string of the molecule is O=C(COCc1ccccc1)N1CCC[C@@H](c2ccn[nH]2)C1. The Bertz CT molecular complexity index is 583. The van der Waals surface area contributed by atoms with Crippen LogP contribution in [-0.4, -0.2) is 40.7 Å². The molecule has 0 bridgehead atoms. The molecule has 1 aliphatic heterocycles. The van der Waals surface area contributed by atoms with Crippen molar-refractivity contribution in [2.45, 2.75) is 25.4 Å². The molecule has 1 aromatic heterocycles. The molecule has 116 valence electrons. The van der Waals surface area contributed by atoms with Crippen molar-refractivity contribution in [1.82, 2.24) is 15.1 Å². The normalized spacial score (nSPS) is 18.4. The van der Waals surface area contributed by atoms with Gasteiger partial charge in [0.2, 0.25) is 5.91 Å². The fourth-order valence-corrected chi connectivity index (χ4v) is 2.87. The molecular formula is C17H21N3O2. The van der Waals surface area contributed by atoms with Gasteiger partial charge in [-0.3, -0.25) is 9.89 Å². The second-order valence-corrected chi connectivity index (χ2v) is 5.67. The van der Waals surface area contributed by atoms with Gasteiger partial charge < -0.3 is 9.64 Å². The third-order valence-electron chi connectivity index (χ3n) is 4.07. The van der Waals surface area contributed by atoms with Gasteiger partial charge in [-0.05, 0) is 24.5 Å². The van der Waals surface area contributed by atoms with E-state index < -0.39 is 0 Å². The fourth-order valence-electron chi connectivity index (χ4n) is 2.87. The minimum atomic E-state index is 0.0696. The third-order valence-corrected chi connectivity index (χ3v) is 4.07. The van der Waals surface area contributed by atoms with E-state index in [0.29, 0.717) is 12.5 Å². The zero-order chi connectivity index (χ0) is 15.2. The zero-order valence-corrected chi connectivity index (χ0v) is 12.6. The quantitative estimate of drug-likeness (QED) is 0.922. The number of likely N-dealkylation sites (tertiary alicyclic amines) is 1. The lowest BCUT2D eigenvalue weighted by molar-refractivity contribution is -0.137. The Morgan fingerprint density at radius 2 is 2.18 bits per heavy atom. The first-order valence-electron chi connectivity index (χ1n) is 7.71. The number of aromatic amines is 1. The molecular weight excluding hydrogens is 278 g/mol. The van der Waals surface area contributed by atoms with Crippen LogP contribution in [0.25, 0.3) is 0 Å². The van der Waals surface area contributed by atoms with Gasteiger partial charge in [-0.25, -0.2) is 0 Å². The van der Waals surface area contributed by atoms with Crippen molar-refractivity contribution in [2.75, 3.05) is 19.7 Å². The van der Waals surface area contributed by atoms with E-state index in [0.717, 1.165) is 37.2 Å². The van der Waals surface area contributed by atoms with Gasteiger partial charge in [0.25, 0.3) is 0 Å². The number of aromatic nitrogens is 2. The van der Waals surface area contributed by atoms with Crippen LogP contribution in [0.4, 0.5) is 0 Å². The van der Waals surface area contributed by atoms with Crippen molar-refractivity contribution in [3.63, 3.8) is 0 Å². The maximum atomic E-state index is 12.3. The Kier molecular flexibility index (Phi) is 4.85. The molecule has 1 aliphatic rings. The van der Waals surface area contributed by atoms with E-state index in [-0.39, 0.29) is 12.5 Å². The van der Waals surface area contributed by atoms with E-state index in [4.69, 9.17) is 4.74 Å². The first kappa shape index (κ1) is 14.8. The number of H-pyrrole nitrogens is 1. The zero-order valence-electron chi connectivity index (χ0n) is 12.6. The maximum absolute atomic E-state index is 12.3. The Morgan fingerprint density at radius 1 is 1.32 bits per heavy atom. The van der Waals surface area contributed by atoms with Crippen LogP contribution in [0, 0.1) is 0 Å². The monoisotopic (exact) mass is 299 g/mol. The standard InChI is InChI=1S/C17H21N3O2/c21-17(13-22-12-14-5-2-1-3-6-14)20-10-4-7-15(11-20)16-8-9-18-19-16/h1-3,5-6,8-9,15H,4,7,10-13H2,(H,18,19)/t15-/m1/s1. The number of carbonyl (C=O) groups excluding carboxylic acids is 1. The molecule has 0 spiro atoms. The highest BCUT2D eigenvalue weighted by atomic mass is 16.5. The van der Waals surface area contributed by atoms with Gasteiger partial charge in [-0.15, -0.1) is 0 Å². The number of hydrogen-bond acceptors (Lipinski definition) is 3. The molecule has 0 aliphatic carbocycles. The van der Waals surface area contributed by atoms with E-state index in [2.05, 4.69) is 10.2 Å². The molecule has 1 aromatic carbocycles. The fraction of sp³-hybridized carbons (Fsp3) is 0.412. The number of carbonyl (C=O) groups is 1. The summed E-state index contributed by atoms with van der Waals surface area (Å²) in [6, 6.07) is 11.9. The van der Waals surface area contributed by atoms with E-state index in [1.165, 1.54) is 0 Å². The molecule has 1 N–H and O–H groups in total. The summed E-state index contributed by atoms with van der Waals surface area (Å²) in [4.78, 5) is 14.2. The lowest BCUT2D eigenvalue weighted by atomic mass is 9.95. The maximum Gasteiger partial charge on any atom is 0.248 e. The van der Waals surface area contributed by atoms with Gasteiger partial charge >= 0.3 is 0 Å². The molecule has 2 heterocycles. The molecule has 5 nitrogen and oxygen atoms in total. The van der Waals surface area contributed by atoms with Gasteiger partial charge in [0.05, 0.1) is 6.61 Å². The van der Waals surface area contributed by atoms with Crippen molar-refractivity contribution < 1.29 is 9.53 Å². The molecule has 5 heteroatoms. The van der Waals surface area contributed by atoms with Crippen LogP contribution < -0.4 is 0 Å². The number of piperidine rings is 1. The highest BCUT2D eigenvalue weighted by molar-refractivity contribution is 5.77. The topological polar surface area (TPSA) is 58.2 Å². The number of hydrogen-bond donors (Lipinski definition) is 1. The van der Waals surface area contributed by atoms with Gasteiger partial charge in [-0.1, -0.05) is 30.3 Å². The van der Waals surface area contributed by atoms with Crippen LogP contribution in [0.2, 0.25) is 0 Å². The summed E-state index contributed by atoms with van der Waals surface area (Å²) < 4.78 is 5.55. The van der Waals surface area contributed by atoms with E-state index in [1.807, 2.05) is 41.3 Å². The van der Waals surface area contributed by atoms with Crippen LogP contribution in [0.15, 0.2) is 42.6 Å². The predicted molar refractivity (Wildman–Crippen MR) is 83.2 cm³/mol. The van der Waals surface area contributed by atoms with Gasteiger partial charge in [0.15, 0.2) is 0 Å². The van der Waals surface area contributed by atoms with Gasteiger partial charge in [0, 0.05) is 30.9 Å². The van der Waals surface area contributed by atoms with Crippen LogP contribution >= 0.6 is 0 Å². The number of nitrogens with zero attached hydrogens (tertiary/aromatic N) is 2. The Labute approximate surface area is 130 Å². The Morgan fingerprint density at radius 3 is 2.95 bits per heavy atom. The summed E-state index contributed by atoms with van der Waals surface area (Å²) in [5.41, 5.74) is 2.20. The minimum Gasteiger partial charge on any atom is -0.367 e. The predicted octanol–water partition coefficient (Wildman–Crippen LogP) is 2.33. The van der Waals surface area contributed by atoms with Crippen molar-refractivity contribution in [3.05, 3.63) is 53.9 Å². The second-order valence-electron chi connectivity index (χ2n) is 5.67. The molecule has 0 unspecified atom stereocenters. The molecule has 22 heavy (non-hydrogen) atoms. The number of ether oxygens (including phenoxy) is 1. The smallest absolute Gasteiger partial charge is 0.248 e. The van der Waals surface area contributed by atoms with Crippen LogP contribution in [-0.2, 0) is 16.1 Å². The van der Waals surface area contributed by atoms with Gasteiger partial charge in [-0.2, -0.15) is 5.10 Å². The van der Waals surface area contributed by atoms with Crippen LogP contribution in [0.1, 0.15) is 30.0 Å². The van der Waals surface area contributed by atoms with Crippen LogP contribution in [0.3, 0.4) is 0 Å². The van der Waals surface area contributed by atoms with Crippen molar-refractivity contribution in [2.24, 2.45) is 0 Å². The largest absolute Gasteiger partial charge is 0.367 e. The number of amides is 1. The Hall–Kier alpha value is -2.14. The van der Waals surface area contributed by atoms with E-state index >= 15 is 0 Å². The molecule has 1 fully saturated rings. The minimum absolute atomic E-state index is 0.0696. The average Bonchev–Trinajstić information content (AvgIpc) is 3.10. The van der Waals surface area contributed by atoms with Crippen molar-refractivity contribution >= 4 is 5.91 Å². The summed E-state index contributed by atoms with van der Waals surface area (Å²) in [6.07, 6.45) is 3.88. The molecule has 1 saturated heterocycles. The van der Waals surface area contributed by atoms with Crippen molar-refractivity contribution in [1.29, 1.82) is 0 Å². The summed E-state index contributed by atoms with van der Waals surface area (Å²) >= 11 is 0. The van der Waals surface area contributed by atoms with E-state index in [1.54, 1.807) is 6.20 Å². The molecule has 3 rings (SSSR count). The number of nitrogens with one attached hydrogen (secondary N) is 1. The molecule has 0 saturated carbocycles. The molecule has 1 amide bonds. The number of rotatable bonds is 5. The summed E-state index contributed by atoms with van der Waals surface area (Å²) in [5.74, 6) is 0.425. The third kappa shape index (κ3) is 3.74. The van der Waals surface area contributed by atoms with Gasteiger partial charge in [0.1, 0.15) is 6.61 Å². The molecule has 2 aromatic rings. The first-order valence-corrected chi connectivity index (χ1v) is 7.71. The second kappa shape index (κ2) is 7.22. The average molecular weight is 299 g/mol. The summed E-state index contributed by atoms with van der Waals surface area (Å²) in [6.45, 7) is 2.18. The van der Waals surface area contributed by atoms with E-state index in [9.17, 15) is 4.79 Å².